The Bertz CT molecular complexity index is 907. The Hall–Kier alpha value is -2.43. The van der Waals surface area contributed by atoms with Gasteiger partial charge in [-0.3, -0.25) is 4.40 Å². The molecule has 0 saturated heterocycles. The molecule has 0 spiro atoms. The number of fused-ring (bicyclic) bond motifs is 1. The zero-order chi connectivity index (χ0) is 20.1. The molecule has 0 amide bonds. The molecule has 2 heterocycles. The number of hydrogen-bond donors (Lipinski definition) is 1. The van der Waals surface area contributed by atoms with E-state index in [1.54, 1.807) is 12.3 Å². The maximum Gasteiger partial charge on any atom is 0.206 e. The van der Waals surface area contributed by atoms with Gasteiger partial charge < -0.3 is 5.73 Å². The molecule has 0 fully saturated rings. The number of nitrogens with zero attached hydrogens (tertiary/aromatic N) is 3. The molecule has 0 radical (unpaired) electrons. The summed E-state index contributed by atoms with van der Waals surface area (Å²) >= 11 is 0. The van der Waals surface area contributed by atoms with Crippen LogP contribution in [0.3, 0.4) is 0 Å². The number of allylic oxidation sites excluding steroid dienone is 6. The van der Waals surface area contributed by atoms with Crippen LogP contribution in [-0.4, -0.2) is 14.4 Å². The number of hydrogen-bond acceptors (Lipinski definition) is 3. The second kappa shape index (κ2) is 9.18. The molecule has 3 rings (SSSR count). The van der Waals surface area contributed by atoms with Gasteiger partial charge in [0.05, 0.1) is 17.1 Å². The van der Waals surface area contributed by atoms with E-state index in [9.17, 15) is 4.39 Å². The van der Waals surface area contributed by atoms with E-state index in [4.69, 9.17) is 10.7 Å². The molecule has 2 N–H and O–H groups in total. The summed E-state index contributed by atoms with van der Waals surface area (Å²) in [4.78, 5) is 9.28. The lowest BCUT2D eigenvalue weighted by molar-refractivity contribution is 0.561. The second-order valence-electron chi connectivity index (χ2n) is 7.41. The van der Waals surface area contributed by atoms with Crippen LogP contribution in [0.15, 0.2) is 48.0 Å². The molecule has 0 bridgehead atoms. The first-order chi connectivity index (χ1) is 13.6. The summed E-state index contributed by atoms with van der Waals surface area (Å²) in [6, 6.07) is 1.97. The smallest absolute Gasteiger partial charge is 0.206 e. The van der Waals surface area contributed by atoms with Gasteiger partial charge in [-0.05, 0) is 43.4 Å². The number of halogens is 1. The Labute approximate surface area is 167 Å². The van der Waals surface area contributed by atoms with Crippen molar-refractivity contribution in [3.8, 4) is 0 Å². The lowest BCUT2D eigenvalue weighted by Gasteiger charge is -2.12. The quantitative estimate of drug-likeness (QED) is 0.578. The molecule has 1 aliphatic rings. The minimum atomic E-state index is -0.272. The van der Waals surface area contributed by atoms with Crippen molar-refractivity contribution >= 4 is 11.5 Å². The van der Waals surface area contributed by atoms with Crippen LogP contribution in [0.25, 0.3) is 5.52 Å². The van der Waals surface area contributed by atoms with Crippen molar-refractivity contribution < 1.29 is 4.39 Å². The predicted octanol–water partition coefficient (Wildman–Crippen LogP) is 6.23. The van der Waals surface area contributed by atoms with Crippen molar-refractivity contribution in [2.75, 3.05) is 5.73 Å². The van der Waals surface area contributed by atoms with Gasteiger partial charge in [0, 0.05) is 12.1 Å². The van der Waals surface area contributed by atoms with Crippen LogP contribution < -0.4 is 5.73 Å². The normalized spacial score (nSPS) is 22.2. The highest BCUT2D eigenvalue weighted by molar-refractivity contribution is 5.58. The van der Waals surface area contributed by atoms with Crippen LogP contribution in [0.5, 0.6) is 0 Å². The van der Waals surface area contributed by atoms with E-state index in [2.05, 4.69) is 24.9 Å². The fraction of sp³-hybridized carbons (Fsp3) is 0.478. The zero-order valence-electron chi connectivity index (χ0n) is 17.2. The molecule has 1 aliphatic carbocycles. The lowest BCUT2D eigenvalue weighted by atomic mass is 9.95. The van der Waals surface area contributed by atoms with Crippen LogP contribution in [0.1, 0.15) is 82.7 Å². The molecular formula is C23H31FN4. The predicted molar refractivity (Wildman–Crippen MR) is 114 cm³/mol. The van der Waals surface area contributed by atoms with Crippen molar-refractivity contribution in [1.29, 1.82) is 0 Å². The summed E-state index contributed by atoms with van der Waals surface area (Å²) in [5, 5.41) is 0. The summed E-state index contributed by atoms with van der Waals surface area (Å²) in [6.45, 7) is 6.38. The monoisotopic (exact) mass is 382 g/mol. The van der Waals surface area contributed by atoms with Crippen molar-refractivity contribution in [2.45, 2.75) is 71.1 Å². The van der Waals surface area contributed by atoms with Crippen LogP contribution in [0.4, 0.5) is 10.3 Å². The molecule has 2 aromatic heterocycles. The van der Waals surface area contributed by atoms with Gasteiger partial charge in [0.1, 0.15) is 11.7 Å². The number of anilines is 1. The van der Waals surface area contributed by atoms with Crippen molar-refractivity contribution in [3.63, 3.8) is 0 Å². The molecule has 2 atom stereocenters. The third kappa shape index (κ3) is 4.03. The molecule has 150 valence electrons. The van der Waals surface area contributed by atoms with Crippen molar-refractivity contribution in [3.05, 3.63) is 59.5 Å². The minimum absolute atomic E-state index is 0.171. The number of imidazole rings is 1. The molecule has 0 aromatic carbocycles. The minimum Gasteiger partial charge on any atom is -0.369 e. The zero-order valence-corrected chi connectivity index (χ0v) is 17.2. The largest absolute Gasteiger partial charge is 0.369 e. The topological polar surface area (TPSA) is 56.2 Å². The maximum atomic E-state index is 14.8. The van der Waals surface area contributed by atoms with Crippen molar-refractivity contribution in [1.82, 2.24) is 14.4 Å². The van der Waals surface area contributed by atoms with E-state index in [-0.39, 0.29) is 11.7 Å². The van der Waals surface area contributed by atoms with Crippen LogP contribution in [0.2, 0.25) is 0 Å². The van der Waals surface area contributed by atoms with E-state index >= 15 is 0 Å². The van der Waals surface area contributed by atoms with Gasteiger partial charge in [-0.2, -0.15) is 0 Å². The van der Waals surface area contributed by atoms with Gasteiger partial charge in [0.2, 0.25) is 5.95 Å². The Morgan fingerprint density at radius 1 is 1.32 bits per heavy atom. The first-order valence-electron chi connectivity index (χ1n) is 10.5. The highest BCUT2D eigenvalue weighted by atomic mass is 19.1. The Morgan fingerprint density at radius 3 is 2.86 bits per heavy atom. The average Bonchev–Trinajstić information content (AvgIpc) is 3.06. The van der Waals surface area contributed by atoms with Crippen LogP contribution >= 0.6 is 0 Å². The summed E-state index contributed by atoms with van der Waals surface area (Å²) in [6.07, 6.45) is 15.2. The molecule has 0 aliphatic heterocycles. The molecule has 2 aromatic rings. The van der Waals surface area contributed by atoms with Gasteiger partial charge in [-0.1, -0.05) is 51.8 Å². The lowest BCUT2D eigenvalue weighted by Crippen LogP contribution is -2.07. The molecule has 2 unspecified atom stereocenters. The first kappa shape index (κ1) is 20.3. The van der Waals surface area contributed by atoms with E-state index < -0.39 is 0 Å². The van der Waals surface area contributed by atoms with Crippen LogP contribution in [0, 0.1) is 0 Å². The van der Waals surface area contributed by atoms with E-state index in [0.29, 0.717) is 18.3 Å². The van der Waals surface area contributed by atoms with Gasteiger partial charge in [-0.15, -0.1) is 0 Å². The number of nitrogen functional groups attached to an aromatic ring is 1. The summed E-state index contributed by atoms with van der Waals surface area (Å²) < 4.78 is 16.7. The van der Waals surface area contributed by atoms with Gasteiger partial charge >= 0.3 is 0 Å². The number of nitrogens with two attached hydrogens (primary N) is 1. The Morgan fingerprint density at radius 2 is 2.14 bits per heavy atom. The second-order valence-corrected chi connectivity index (χ2v) is 7.41. The fourth-order valence-electron chi connectivity index (χ4n) is 3.95. The van der Waals surface area contributed by atoms with Crippen LogP contribution in [-0.2, 0) is 0 Å². The standard InChI is InChI=1S/C23H31FN4/c1-4-7-10-17(6-3)21-20-13-14-26-23(25)28(20)22(27-21)18-12-9-8-11-16(5-2)19(24)15-18/h9,11-15,17-18H,4-8,10H2,1-3H3,(H2,25,26)/b12-9?,16-11-,19-15+. The van der Waals surface area contributed by atoms with E-state index in [1.807, 2.05) is 29.5 Å². The number of aromatic nitrogens is 3. The van der Waals surface area contributed by atoms with Gasteiger partial charge in [-0.25, -0.2) is 14.4 Å². The van der Waals surface area contributed by atoms with Gasteiger partial charge in [0.25, 0.3) is 0 Å². The third-order valence-electron chi connectivity index (χ3n) is 5.58. The summed E-state index contributed by atoms with van der Waals surface area (Å²) in [7, 11) is 0. The van der Waals surface area contributed by atoms with E-state index in [1.165, 1.54) is 0 Å². The number of rotatable bonds is 7. The van der Waals surface area contributed by atoms with Gasteiger partial charge in [0.15, 0.2) is 0 Å². The highest BCUT2D eigenvalue weighted by Gasteiger charge is 2.24. The maximum absolute atomic E-state index is 14.8. The molecule has 5 heteroatoms. The Kier molecular flexibility index (Phi) is 6.65. The SMILES string of the molecule is CCCCC(CC)c1nc(C2C=CC/C=C(CC)\C(F)=C/2)n2c(N)nccc12. The Balaban J connectivity index is 2.14. The number of unbranched alkanes of at least 4 members (excludes halogenated alkanes) is 1. The molecular weight excluding hydrogens is 351 g/mol. The molecule has 28 heavy (non-hydrogen) atoms. The average molecular weight is 383 g/mol. The third-order valence-corrected chi connectivity index (χ3v) is 5.58. The van der Waals surface area contributed by atoms with E-state index in [0.717, 1.165) is 54.7 Å². The molecule has 4 nitrogen and oxygen atoms in total. The van der Waals surface area contributed by atoms with Crippen molar-refractivity contribution in [2.24, 2.45) is 0 Å². The molecule has 0 saturated carbocycles. The summed E-state index contributed by atoms with van der Waals surface area (Å²) in [5.41, 5.74) is 9.02. The summed E-state index contributed by atoms with van der Waals surface area (Å²) in [5.74, 6) is 1.06. The first-order valence-corrected chi connectivity index (χ1v) is 10.5. The highest BCUT2D eigenvalue weighted by Crippen LogP contribution is 2.34. The fourth-order valence-corrected chi connectivity index (χ4v) is 3.95.